The molecule has 0 spiro atoms. The second kappa shape index (κ2) is 18.0. The number of benzene rings is 2. The maximum atomic E-state index is 14.8. The molecule has 1 unspecified atom stereocenters. The lowest BCUT2D eigenvalue weighted by molar-refractivity contribution is -0.140. The molecular weight excluding hydrogens is 849 g/mol. The highest BCUT2D eigenvalue weighted by Gasteiger charge is 2.48. The summed E-state index contributed by atoms with van der Waals surface area (Å²) in [5.41, 5.74) is 2.02. The van der Waals surface area contributed by atoms with E-state index in [2.05, 4.69) is 30.8 Å². The van der Waals surface area contributed by atoms with Crippen LogP contribution >= 0.6 is 0 Å². The Labute approximate surface area is 373 Å². The first-order valence-corrected chi connectivity index (χ1v) is 21.7. The number of carbonyl (C=O) groups excluding carboxylic acids is 7. The van der Waals surface area contributed by atoms with Crippen LogP contribution < -0.4 is 35.4 Å². The SMILES string of the molecule is COc1cc(C(=O)NC2CCN(C(=O)CCN3CCN(c4cccc5c4C(=O)N(C4CCC(=O)NC4=O)C5=O)CC3)CC2)ccc1Nc1ncc2c(n1)N(C(C)C)CC(F)(F)C(=O)N2C. The molecular formula is C44H51F2N11O8. The minimum Gasteiger partial charge on any atom is -0.495 e. The van der Waals surface area contributed by atoms with Crippen molar-refractivity contribution >= 4 is 70.2 Å². The van der Waals surface area contributed by atoms with Crippen LogP contribution in [0.15, 0.2) is 42.6 Å². The van der Waals surface area contributed by atoms with Gasteiger partial charge < -0.3 is 35.0 Å². The number of piperazine rings is 1. The van der Waals surface area contributed by atoms with E-state index >= 15 is 0 Å². The number of piperidine rings is 2. The van der Waals surface area contributed by atoms with E-state index in [0.29, 0.717) is 87.8 Å². The van der Waals surface area contributed by atoms with E-state index in [9.17, 15) is 42.3 Å². The number of anilines is 5. The minimum atomic E-state index is -3.63. The molecule has 2 aromatic carbocycles. The molecule has 0 radical (unpaired) electrons. The standard InChI is InChI=1S/C44H51F2N11O8/c1-25(2)56-24-44(45,46)42(64)52(3)32-23-47-43(51-37(32)56)49-29-9-8-26(22-33(29)65-4)38(60)48-27-12-16-55(17-13-27)35(59)14-15-53-18-20-54(21-19-53)30-7-5-6-28-36(30)41(63)57(40(28)62)31-10-11-34(58)50-39(31)61/h5-9,22-23,25,27,31H,10-21,24H2,1-4H3,(H,48,60)(H,47,49,51)(H,50,58,61). The topological polar surface area (TPSA) is 210 Å². The van der Waals surface area contributed by atoms with E-state index in [1.54, 1.807) is 50.2 Å². The molecule has 21 heteroatoms. The predicted octanol–water partition coefficient (Wildman–Crippen LogP) is 2.39. The van der Waals surface area contributed by atoms with Crippen molar-refractivity contribution in [1.82, 2.24) is 35.3 Å². The Kier molecular flexibility index (Phi) is 12.4. The second-order valence-electron chi connectivity index (χ2n) is 17.1. The van der Waals surface area contributed by atoms with Gasteiger partial charge in [-0.1, -0.05) is 6.07 Å². The van der Waals surface area contributed by atoms with Crippen molar-refractivity contribution in [2.75, 3.05) is 86.5 Å². The fourth-order valence-electron chi connectivity index (χ4n) is 9.00. The highest BCUT2D eigenvalue weighted by molar-refractivity contribution is 6.25. The zero-order chi connectivity index (χ0) is 46.3. The molecule has 6 heterocycles. The summed E-state index contributed by atoms with van der Waals surface area (Å²) in [6.45, 7) is 6.54. The van der Waals surface area contributed by atoms with E-state index in [1.807, 2.05) is 9.80 Å². The number of carbonyl (C=O) groups is 7. The van der Waals surface area contributed by atoms with Crippen molar-refractivity contribution in [3.63, 3.8) is 0 Å². The number of imide groups is 2. The number of likely N-dealkylation sites (tertiary alicyclic amines) is 1. The first-order chi connectivity index (χ1) is 31.0. The molecule has 5 aliphatic heterocycles. The molecule has 5 aliphatic rings. The summed E-state index contributed by atoms with van der Waals surface area (Å²) in [7, 11) is 2.71. The van der Waals surface area contributed by atoms with Crippen molar-refractivity contribution in [2.24, 2.45) is 0 Å². The summed E-state index contributed by atoms with van der Waals surface area (Å²) in [6.07, 6.45) is 2.92. The quantitative estimate of drug-likeness (QED) is 0.236. The van der Waals surface area contributed by atoms with Crippen LogP contribution in [0.2, 0.25) is 0 Å². The van der Waals surface area contributed by atoms with Gasteiger partial charge in [0.15, 0.2) is 5.82 Å². The fraction of sp³-hybridized carbons (Fsp3) is 0.477. The number of halogens is 2. The second-order valence-corrected chi connectivity index (χ2v) is 17.1. The zero-order valence-electron chi connectivity index (χ0n) is 36.6. The van der Waals surface area contributed by atoms with Gasteiger partial charge in [-0.15, -0.1) is 0 Å². The first kappa shape index (κ1) is 44.8. The van der Waals surface area contributed by atoms with Crippen LogP contribution in [0.25, 0.3) is 0 Å². The Balaban J connectivity index is 0.801. The molecule has 3 saturated heterocycles. The Morgan fingerprint density at radius 2 is 1.69 bits per heavy atom. The van der Waals surface area contributed by atoms with Crippen LogP contribution in [0.4, 0.5) is 37.6 Å². The average Bonchev–Trinajstić information content (AvgIpc) is 3.51. The predicted molar refractivity (Wildman–Crippen MR) is 233 cm³/mol. The summed E-state index contributed by atoms with van der Waals surface area (Å²) >= 11 is 0. The normalized spacial score (nSPS) is 20.4. The molecule has 7 amide bonds. The number of methoxy groups -OCH3 is 1. The number of aromatic nitrogens is 2. The van der Waals surface area contributed by atoms with Crippen molar-refractivity contribution < 1.29 is 47.1 Å². The number of rotatable bonds is 11. The van der Waals surface area contributed by atoms with Crippen LogP contribution in [0.5, 0.6) is 5.75 Å². The van der Waals surface area contributed by atoms with Gasteiger partial charge in [-0.05, 0) is 63.4 Å². The number of nitrogens with zero attached hydrogens (tertiary/aromatic N) is 8. The van der Waals surface area contributed by atoms with Gasteiger partial charge in [0, 0.05) is 83.3 Å². The number of ether oxygens (including phenoxy) is 1. The molecule has 0 bridgehead atoms. The highest BCUT2D eigenvalue weighted by atomic mass is 19.3. The Hall–Kier alpha value is -6.77. The molecule has 1 aromatic heterocycles. The van der Waals surface area contributed by atoms with Crippen LogP contribution in [0.3, 0.4) is 0 Å². The van der Waals surface area contributed by atoms with E-state index in [0.717, 1.165) is 9.80 Å². The first-order valence-electron chi connectivity index (χ1n) is 21.7. The van der Waals surface area contributed by atoms with Gasteiger partial charge in [-0.3, -0.25) is 48.7 Å². The van der Waals surface area contributed by atoms with Gasteiger partial charge in [-0.25, -0.2) is 4.98 Å². The molecule has 8 rings (SSSR count). The smallest absolute Gasteiger partial charge is 0.342 e. The van der Waals surface area contributed by atoms with E-state index in [4.69, 9.17) is 4.74 Å². The molecule has 1 atom stereocenters. The Bertz CT molecular complexity index is 2440. The van der Waals surface area contributed by atoms with Crippen molar-refractivity contribution in [3.8, 4) is 5.75 Å². The molecule has 3 N–H and O–H groups in total. The Morgan fingerprint density at radius 3 is 2.38 bits per heavy atom. The number of nitrogens with one attached hydrogen (secondary N) is 3. The van der Waals surface area contributed by atoms with Gasteiger partial charge >= 0.3 is 5.92 Å². The summed E-state index contributed by atoms with van der Waals surface area (Å²) in [5, 5.41) is 8.34. The highest BCUT2D eigenvalue weighted by Crippen LogP contribution is 2.38. The molecule has 3 aromatic rings. The molecule has 3 fully saturated rings. The van der Waals surface area contributed by atoms with E-state index < -0.39 is 54.1 Å². The monoisotopic (exact) mass is 899 g/mol. The van der Waals surface area contributed by atoms with Gasteiger partial charge in [0.05, 0.1) is 42.4 Å². The third-order valence-corrected chi connectivity index (χ3v) is 12.7. The Morgan fingerprint density at radius 1 is 0.954 bits per heavy atom. The van der Waals surface area contributed by atoms with E-state index in [1.165, 1.54) is 25.3 Å². The van der Waals surface area contributed by atoms with Crippen molar-refractivity contribution in [1.29, 1.82) is 0 Å². The molecule has 344 valence electrons. The maximum Gasteiger partial charge on any atom is 0.342 e. The van der Waals surface area contributed by atoms with Gasteiger partial charge in [0.25, 0.3) is 23.6 Å². The van der Waals surface area contributed by atoms with Crippen LogP contribution in [-0.2, 0) is 19.2 Å². The molecule has 0 aliphatic carbocycles. The maximum absolute atomic E-state index is 14.8. The van der Waals surface area contributed by atoms with Gasteiger partial charge in [0.2, 0.25) is 23.7 Å². The summed E-state index contributed by atoms with van der Waals surface area (Å²) in [6, 6.07) is 8.31. The lowest BCUT2D eigenvalue weighted by Crippen LogP contribution is -2.54. The third kappa shape index (κ3) is 8.88. The molecule has 0 saturated carbocycles. The lowest BCUT2D eigenvalue weighted by atomic mass is 10.0. The van der Waals surface area contributed by atoms with Crippen LogP contribution in [0, 0.1) is 0 Å². The number of amides is 7. The largest absolute Gasteiger partial charge is 0.495 e. The van der Waals surface area contributed by atoms with Gasteiger partial charge in [0.1, 0.15) is 17.5 Å². The summed E-state index contributed by atoms with van der Waals surface area (Å²) in [5.74, 6) is -6.88. The summed E-state index contributed by atoms with van der Waals surface area (Å²) in [4.78, 5) is 108. The zero-order valence-corrected chi connectivity index (χ0v) is 36.6. The number of hydrogen-bond acceptors (Lipinski definition) is 14. The minimum absolute atomic E-state index is 0.0254. The number of hydrogen-bond donors (Lipinski definition) is 3. The van der Waals surface area contributed by atoms with Crippen molar-refractivity contribution in [2.45, 2.75) is 70.0 Å². The number of alkyl halides is 2. The molecule has 19 nitrogen and oxygen atoms in total. The van der Waals surface area contributed by atoms with Crippen molar-refractivity contribution in [3.05, 3.63) is 59.3 Å². The van der Waals surface area contributed by atoms with Crippen LogP contribution in [0.1, 0.15) is 77.0 Å². The van der Waals surface area contributed by atoms with Crippen LogP contribution in [-0.4, -0.2) is 157 Å². The lowest BCUT2D eigenvalue weighted by Gasteiger charge is -2.37. The summed E-state index contributed by atoms with van der Waals surface area (Å²) < 4.78 is 35.1. The average molecular weight is 900 g/mol. The van der Waals surface area contributed by atoms with E-state index in [-0.39, 0.29) is 59.3 Å². The third-order valence-electron chi connectivity index (χ3n) is 12.7. The molecule has 65 heavy (non-hydrogen) atoms. The number of fused-ring (bicyclic) bond motifs is 2. The fourth-order valence-corrected chi connectivity index (χ4v) is 9.00. The van der Waals surface area contributed by atoms with Gasteiger partial charge in [-0.2, -0.15) is 13.8 Å².